The van der Waals surface area contributed by atoms with Crippen molar-refractivity contribution in [2.75, 3.05) is 33.0 Å². The summed E-state index contributed by atoms with van der Waals surface area (Å²) in [5.74, 6) is -0.560. The third-order valence-electron chi connectivity index (χ3n) is 7.73. The van der Waals surface area contributed by atoms with Gasteiger partial charge in [-0.2, -0.15) is 0 Å². The van der Waals surface area contributed by atoms with Gasteiger partial charge in [0.1, 0.15) is 13.2 Å². The molecule has 3 atom stereocenters. The van der Waals surface area contributed by atoms with Crippen LogP contribution in [0.4, 0.5) is 9.59 Å². The molecule has 250 valence electrons. The van der Waals surface area contributed by atoms with E-state index in [0.29, 0.717) is 26.2 Å². The van der Waals surface area contributed by atoms with Gasteiger partial charge in [-0.25, -0.2) is 9.59 Å². The molecule has 3 N–H and O–H groups in total. The number of ketones is 1. The van der Waals surface area contributed by atoms with E-state index >= 15 is 0 Å². The third kappa shape index (κ3) is 16.8. The molecule has 1 aliphatic carbocycles. The van der Waals surface area contributed by atoms with E-state index in [9.17, 15) is 19.5 Å². The highest BCUT2D eigenvalue weighted by Crippen LogP contribution is 2.45. The van der Waals surface area contributed by atoms with Gasteiger partial charge in [0.25, 0.3) is 0 Å². The molecule has 12 heteroatoms. The van der Waals surface area contributed by atoms with E-state index in [4.69, 9.17) is 18.3 Å². The molecule has 1 fully saturated rings. The highest BCUT2D eigenvalue weighted by atomic mass is 28.4. The number of rotatable bonds is 19. The Morgan fingerprint density at radius 1 is 0.953 bits per heavy atom. The quantitative estimate of drug-likeness (QED) is 0.0865. The summed E-state index contributed by atoms with van der Waals surface area (Å²) in [6.07, 6.45) is 3.04. The Hall–Kier alpha value is -1.74. The molecule has 0 saturated heterocycles. The Balaban J connectivity index is 2.38. The van der Waals surface area contributed by atoms with Gasteiger partial charge in [0.05, 0.1) is 6.61 Å². The maximum absolute atomic E-state index is 12.5. The van der Waals surface area contributed by atoms with Crippen molar-refractivity contribution in [1.29, 1.82) is 0 Å². The van der Waals surface area contributed by atoms with Crippen LogP contribution in [-0.4, -0.2) is 84.8 Å². The molecular weight excluding hydrogens is 585 g/mol. The molecule has 0 bridgehead atoms. The number of unbranched alkanes of at least 4 members (excludes halogenated alkanes) is 1. The Bertz CT molecular complexity index is 927. The van der Waals surface area contributed by atoms with Crippen LogP contribution in [0.3, 0.4) is 0 Å². The molecular formula is C31H60N2O8Si2. The summed E-state index contributed by atoms with van der Waals surface area (Å²) in [4.78, 5) is 36.5. The predicted octanol–water partition coefficient (Wildman–Crippen LogP) is 6.16. The van der Waals surface area contributed by atoms with Crippen molar-refractivity contribution in [3.8, 4) is 0 Å². The number of aliphatic hydroxyl groups is 1. The summed E-state index contributed by atoms with van der Waals surface area (Å²) in [5.41, 5.74) is -0.177. The summed E-state index contributed by atoms with van der Waals surface area (Å²) in [7, 11) is -3.33. The van der Waals surface area contributed by atoms with Crippen LogP contribution in [0.1, 0.15) is 73.1 Å². The first kappa shape index (κ1) is 39.3. The number of hydrogen-bond acceptors (Lipinski definition) is 8. The molecule has 3 unspecified atom stereocenters. The summed E-state index contributed by atoms with van der Waals surface area (Å²) >= 11 is 0. The number of carbonyl (C=O) groups excluding carboxylic acids is 3. The van der Waals surface area contributed by atoms with Gasteiger partial charge >= 0.3 is 12.2 Å². The maximum Gasteiger partial charge on any atom is 0.407 e. The average molecular weight is 645 g/mol. The van der Waals surface area contributed by atoms with Gasteiger partial charge < -0.3 is 34.1 Å². The molecule has 0 spiro atoms. The largest absolute Gasteiger partial charge is 0.455 e. The van der Waals surface area contributed by atoms with Gasteiger partial charge in [-0.15, -0.1) is 0 Å². The van der Waals surface area contributed by atoms with Crippen LogP contribution >= 0.6 is 0 Å². The SMILES string of the molecule is C=C(C)C(=O)C(O)COC(=O)NCC1(C)CC(NC(=O)OCCOCCC[Si](C)(C)O[Si](C)(C)CCCC)CC(C)(C)C1. The summed E-state index contributed by atoms with van der Waals surface area (Å²) in [6.45, 7) is 23.8. The molecule has 0 heterocycles. The molecule has 1 saturated carbocycles. The molecule has 0 aromatic rings. The van der Waals surface area contributed by atoms with Crippen LogP contribution in [0.2, 0.25) is 38.3 Å². The number of Topliss-reactive ketones (excluding diaryl/α,β-unsaturated/α-hetero) is 1. The van der Waals surface area contributed by atoms with Crippen molar-refractivity contribution in [3.63, 3.8) is 0 Å². The van der Waals surface area contributed by atoms with Crippen LogP contribution in [0.25, 0.3) is 0 Å². The molecule has 0 aromatic heterocycles. The molecule has 0 aromatic carbocycles. The van der Waals surface area contributed by atoms with Crippen LogP contribution in [-0.2, 0) is 23.1 Å². The fourth-order valence-electron chi connectivity index (χ4n) is 6.28. The van der Waals surface area contributed by atoms with Gasteiger partial charge in [0.15, 0.2) is 28.5 Å². The number of hydrogen-bond donors (Lipinski definition) is 3. The number of nitrogens with one attached hydrogen (secondary N) is 2. The lowest BCUT2D eigenvalue weighted by Gasteiger charge is -2.46. The zero-order chi connectivity index (χ0) is 32.9. The van der Waals surface area contributed by atoms with Crippen molar-refractivity contribution in [2.45, 2.75) is 124 Å². The Labute approximate surface area is 262 Å². The van der Waals surface area contributed by atoms with Crippen LogP contribution < -0.4 is 10.6 Å². The van der Waals surface area contributed by atoms with Gasteiger partial charge in [-0.3, -0.25) is 4.79 Å². The lowest BCUT2D eigenvalue weighted by Crippen LogP contribution is -2.50. The standard InChI is InChI=1S/C31H60N2O8Si2/c1-11-12-17-42(7,8)41-43(9,10)18-13-14-38-15-16-39-29(37)33-25-19-30(4,5)22-31(6,20-25)23-32-28(36)40-21-26(34)27(35)24(2)3/h25-26,34H,2,11-23H2,1,3-10H3,(H,32,36)(H,33,37). The highest BCUT2D eigenvalue weighted by Gasteiger charge is 2.42. The first-order valence-corrected chi connectivity index (χ1v) is 22.0. The van der Waals surface area contributed by atoms with E-state index in [2.05, 4.69) is 71.1 Å². The molecule has 0 aliphatic heterocycles. The minimum atomic E-state index is -1.72. The van der Waals surface area contributed by atoms with E-state index in [1.807, 2.05) is 0 Å². The van der Waals surface area contributed by atoms with Crippen molar-refractivity contribution in [1.82, 2.24) is 10.6 Å². The van der Waals surface area contributed by atoms with E-state index in [-0.39, 0.29) is 29.1 Å². The van der Waals surface area contributed by atoms with E-state index in [1.54, 1.807) is 0 Å². The Morgan fingerprint density at radius 2 is 1.58 bits per heavy atom. The summed E-state index contributed by atoms with van der Waals surface area (Å²) < 4.78 is 22.8. The van der Waals surface area contributed by atoms with Crippen molar-refractivity contribution < 1.29 is 37.8 Å². The van der Waals surface area contributed by atoms with Gasteiger partial charge in [-0.1, -0.05) is 47.1 Å². The van der Waals surface area contributed by atoms with E-state index in [0.717, 1.165) is 25.3 Å². The smallest absolute Gasteiger partial charge is 0.407 e. The van der Waals surface area contributed by atoms with E-state index < -0.39 is 47.3 Å². The minimum Gasteiger partial charge on any atom is -0.455 e. The summed E-state index contributed by atoms with van der Waals surface area (Å²) in [5, 5.41) is 15.6. The summed E-state index contributed by atoms with van der Waals surface area (Å²) in [6, 6.07) is 2.15. The second-order valence-electron chi connectivity index (χ2n) is 14.6. The number of aliphatic hydroxyl groups excluding tert-OH is 1. The third-order valence-corrected chi connectivity index (χ3v) is 15.3. The van der Waals surface area contributed by atoms with Crippen molar-refractivity contribution in [3.05, 3.63) is 12.2 Å². The maximum atomic E-state index is 12.5. The monoisotopic (exact) mass is 644 g/mol. The Kier molecular flexibility index (Phi) is 16.1. The van der Waals surface area contributed by atoms with E-state index in [1.165, 1.54) is 25.8 Å². The topological polar surface area (TPSA) is 132 Å². The first-order valence-electron chi connectivity index (χ1n) is 15.8. The minimum absolute atomic E-state index is 0.0712. The lowest BCUT2D eigenvalue weighted by molar-refractivity contribution is -0.125. The molecule has 43 heavy (non-hydrogen) atoms. The van der Waals surface area contributed by atoms with Crippen LogP contribution in [0, 0.1) is 10.8 Å². The van der Waals surface area contributed by atoms with Crippen LogP contribution in [0.15, 0.2) is 12.2 Å². The first-order chi connectivity index (χ1) is 19.8. The molecule has 1 rings (SSSR count). The van der Waals surface area contributed by atoms with Gasteiger partial charge in [-0.05, 0) is 87.3 Å². The van der Waals surface area contributed by atoms with Crippen molar-refractivity contribution >= 4 is 34.6 Å². The molecule has 1 aliphatic rings. The molecule has 0 radical (unpaired) electrons. The zero-order valence-electron chi connectivity index (χ0n) is 28.4. The van der Waals surface area contributed by atoms with Gasteiger partial charge in [0.2, 0.25) is 0 Å². The van der Waals surface area contributed by atoms with Crippen molar-refractivity contribution in [2.24, 2.45) is 10.8 Å². The highest BCUT2D eigenvalue weighted by molar-refractivity contribution is 6.84. The average Bonchev–Trinajstić information content (AvgIpc) is 2.86. The fraction of sp³-hybridized carbons (Fsp3) is 0.839. The lowest BCUT2D eigenvalue weighted by atomic mass is 9.62. The number of ether oxygens (including phenoxy) is 3. The molecule has 2 amide bonds. The fourth-order valence-corrected chi connectivity index (χ4v) is 15.3. The normalized spacial score (nSPS) is 21.0. The Morgan fingerprint density at radius 3 is 2.19 bits per heavy atom. The number of alkyl carbamates (subject to hydrolysis) is 2. The van der Waals surface area contributed by atoms with Gasteiger partial charge in [0, 0.05) is 19.2 Å². The number of amides is 2. The molecule has 10 nitrogen and oxygen atoms in total. The number of carbonyl (C=O) groups is 3. The zero-order valence-corrected chi connectivity index (χ0v) is 30.4. The van der Waals surface area contributed by atoms with Crippen LogP contribution in [0.5, 0.6) is 0 Å². The second-order valence-corrected chi connectivity index (χ2v) is 23.4. The second kappa shape index (κ2) is 17.7. The predicted molar refractivity (Wildman–Crippen MR) is 175 cm³/mol.